The van der Waals surface area contributed by atoms with Crippen LogP contribution >= 0.6 is 0 Å². The van der Waals surface area contributed by atoms with Crippen molar-refractivity contribution >= 4 is 0 Å². The Kier molecular flexibility index (Phi) is 8.63. The largest absolute Gasteiger partial charge is 0.309 e. The molecule has 2 atom stereocenters. The molecule has 0 aliphatic rings. The Bertz CT molecular complexity index is 355. The van der Waals surface area contributed by atoms with E-state index in [9.17, 15) is 0 Å². The van der Waals surface area contributed by atoms with E-state index < -0.39 is 0 Å². The molecular weight excluding hydrogens is 256 g/mol. The summed E-state index contributed by atoms with van der Waals surface area (Å²) in [5, 5.41) is 3.74. The Balaban J connectivity index is 3.06. The number of hydrogen-bond donors (Lipinski definition) is 1. The zero-order valence-corrected chi connectivity index (χ0v) is 14.6. The van der Waals surface area contributed by atoms with Crippen molar-refractivity contribution in [3.63, 3.8) is 0 Å². The van der Waals surface area contributed by atoms with Gasteiger partial charge >= 0.3 is 0 Å². The van der Waals surface area contributed by atoms with E-state index in [1.165, 1.54) is 31.5 Å². The molecule has 0 heterocycles. The van der Waals surface area contributed by atoms with E-state index in [2.05, 4.69) is 75.2 Å². The maximum absolute atomic E-state index is 3.74. The van der Waals surface area contributed by atoms with Crippen molar-refractivity contribution in [2.75, 3.05) is 19.6 Å². The van der Waals surface area contributed by atoms with Crippen LogP contribution in [0.5, 0.6) is 0 Å². The number of likely N-dealkylation sites (N-methyl/N-ethyl adjacent to an activating group) is 1. The topological polar surface area (TPSA) is 15.3 Å². The molecule has 0 aliphatic carbocycles. The minimum Gasteiger partial charge on any atom is -0.309 e. The molecule has 21 heavy (non-hydrogen) atoms. The van der Waals surface area contributed by atoms with E-state index in [0.717, 1.165) is 6.54 Å². The number of nitrogens with one attached hydrogen (secondary N) is 1. The fourth-order valence-corrected chi connectivity index (χ4v) is 3.32. The van der Waals surface area contributed by atoms with Crippen LogP contribution in [0.15, 0.2) is 30.3 Å². The summed E-state index contributed by atoms with van der Waals surface area (Å²) in [4.78, 5) is 2.69. The Morgan fingerprint density at radius 1 is 0.952 bits per heavy atom. The van der Waals surface area contributed by atoms with Crippen molar-refractivity contribution in [2.45, 2.75) is 59.5 Å². The second-order valence-corrected chi connectivity index (χ2v) is 6.22. The van der Waals surface area contributed by atoms with Crippen LogP contribution in [0.3, 0.4) is 0 Å². The molecule has 0 amide bonds. The van der Waals surface area contributed by atoms with Crippen LogP contribution in [0.2, 0.25) is 0 Å². The molecule has 1 N–H and O–H groups in total. The van der Waals surface area contributed by atoms with Gasteiger partial charge in [0.05, 0.1) is 0 Å². The molecule has 1 aromatic carbocycles. The van der Waals surface area contributed by atoms with Crippen molar-refractivity contribution in [1.29, 1.82) is 0 Å². The molecule has 2 unspecified atom stereocenters. The zero-order valence-electron chi connectivity index (χ0n) is 14.6. The van der Waals surface area contributed by atoms with Crippen molar-refractivity contribution in [3.8, 4) is 0 Å². The first-order valence-corrected chi connectivity index (χ1v) is 8.67. The third-order valence-corrected chi connectivity index (χ3v) is 4.05. The Morgan fingerprint density at radius 2 is 1.52 bits per heavy atom. The van der Waals surface area contributed by atoms with Crippen molar-refractivity contribution in [1.82, 2.24) is 10.2 Å². The van der Waals surface area contributed by atoms with Crippen LogP contribution in [0, 0.1) is 5.92 Å². The van der Waals surface area contributed by atoms with Crippen LogP contribution in [0.1, 0.15) is 59.1 Å². The molecular formula is C19H34N2. The zero-order chi connectivity index (χ0) is 15.7. The molecule has 0 saturated carbocycles. The van der Waals surface area contributed by atoms with Gasteiger partial charge in [0, 0.05) is 12.1 Å². The summed E-state index contributed by atoms with van der Waals surface area (Å²) in [5.74, 6) is 0.632. The summed E-state index contributed by atoms with van der Waals surface area (Å²) in [7, 11) is 0. The van der Waals surface area contributed by atoms with E-state index >= 15 is 0 Å². The maximum atomic E-state index is 3.74. The second-order valence-electron chi connectivity index (χ2n) is 6.22. The van der Waals surface area contributed by atoms with Gasteiger partial charge in [0.25, 0.3) is 0 Å². The van der Waals surface area contributed by atoms with Gasteiger partial charge < -0.3 is 5.32 Å². The minimum absolute atomic E-state index is 0.411. The normalized spacial score (nSPS) is 14.6. The van der Waals surface area contributed by atoms with Crippen molar-refractivity contribution in [3.05, 3.63) is 35.9 Å². The standard InChI is InChI=1S/C19H34N2/c1-6-14-21(15-7-2)19(16(4)5)18(20-8-3)17-12-10-9-11-13-17/h9-13,16,18-20H,6-8,14-15H2,1-5H3. The molecule has 0 fully saturated rings. The Hall–Kier alpha value is -0.860. The number of nitrogens with zero attached hydrogens (tertiary/aromatic N) is 1. The van der Waals surface area contributed by atoms with Gasteiger partial charge in [-0.2, -0.15) is 0 Å². The highest BCUT2D eigenvalue weighted by Gasteiger charge is 2.29. The lowest BCUT2D eigenvalue weighted by Gasteiger charge is -2.40. The quantitative estimate of drug-likeness (QED) is 0.683. The van der Waals surface area contributed by atoms with E-state index in [1.807, 2.05) is 0 Å². The molecule has 120 valence electrons. The highest BCUT2D eigenvalue weighted by Crippen LogP contribution is 2.27. The third kappa shape index (κ3) is 5.44. The molecule has 1 aromatic rings. The number of benzene rings is 1. The van der Waals surface area contributed by atoms with Crippen LogP contribution in [0.25, 0.3) is 0 Å². The Morgan fingerprint density at radius 3 is 1.95 bits per heavy atom. The average molecular weight is 290 g/mol. The highest BCUT2D eigenvalue weighted by molar-refractivity contribution is 5.21. The van der Waals surface area contributed by atoms with Gasteiger partial charge in [-0.3, -0.25) is 4.90 Å². The monoisotopic (exact) mass is 290 g/mol. The lowest BCUT2D eigenvalue weighted by molar-refractivity contribution is 0.117. The summed E-state index contributed by atoms with van der Waals surface area (Å²) in [6, 6.07) is 11.9. The molecule has 2 heteroatoms. The molecule has 0 bridgehead atoms. The predicted molar refractivity (Wildman–Crippen MR) is 93.6 cm³/mol. The fraction of sp³-hybridized carbons (Fsp3) is 0.684. The molecule has 0 saturated heterocycles. The predicted octanol–water partition coefficient (Wildman–Crippen LogP) is 4.48. The number of hydrogen-bond acceptors (Lipinski definition) is 2. The molecule has 0 aliphatic heterocycles. The van der Waals surface area contributed by atoms with Crippen molar-refractivity contribution < 1.29 is 0 Å². The summed E-state index contributed by atoms with van der Waals surface area (Å²) < 4.78 is 0. The van der Waals surface area contributed by atoms with Gasteiger partial charge in [0.1, 0.15) is 0 Å². The van der Waals surface area contributed by atoms with Gasteiger partial charge in [-0.05, 0) is 44.0 Å². The number of rotatable bonds is 10. The van der Waals surface area contributed by atoms with E-state index in [-0.39, 0.29) is 0 Å². The first-order chi connectivity index (χ1) is 10.2. The summed E-state index contributed by atoms with van der Waals surface area (Å²) in [6.45, 7) is 14.9. The average Bonchev–Trinajstić information content (AvgIpc) is 2.48. The highest BCUT2D eigenvalue weighted by atomic mass is 15.2. The molecule has 2 nitrogen and oxygen atoms in total. The molecule has 0 radical (unpaired) electrons. The van der Waals surface area contributed by atoms with Crippen LogP contribution in [0.4, 0.5) is 0 Å². The summed E-state index contributed by atoms with van der Waals surface area (Å²) in [5.41, 5.74) is 1.41. The van der Waals surface area contributed by atoms with E-state index in [0.29, 0.717) is 18.0 Å². The summed E-state index contributed by atoms with van der Waals surface area (Å²) >= 11 is 0. The lowest BCUT2D eigenvalue weighted by atomic mass is 9.89. The lowest BCUT2D eigenvalue weighted by Crippen LogP contribution is -2.48. The van der Waals surface area contributed by atoms with Crippen molar-refractivity contribution in [2.24, 2.45) is 5.92 Å². The molecule has 0 spiro atoms. The van der Waals surface area contributed by atoms with Gasteiger partial charge in [-0.25, -0.2) is 0 Å². The first-order valence-electron chi connectivity index (χ1n) is 8.67. The first kappa shape index (κ1) is 18.2. The summed E-state index contributed by atoms with van der Waals surface area (Å²) in [6.07, 6.45) is 2.44. The molecule has 1 rings (SSSR count). The van der Waals surface area contributed by atoms with Crippen LogP contribution in [-0.4, -0.2) is 30.6 Å². The van der Waals surface area contributed by atoms with E-state index in [4.69, 9.17) is 0 Å². The van der Waals surface area contributed by atoms with Gasteiger partial charge in [0.2, 0.25) is 0 Å². The second kappa shape index (κ2) is 9.97. The third-order valence-electron chi connectivity index (χ3n) is 4.05. The smallest absolute Gasteiger partial charge is 0.0480 e. The fourth-order valence-electron chi connectivity index (χ4n) is 3.32. The molecule has 0 aromatic heterocycles. The van der Waals surface area contributed by atoms with Crippen LogP contribution in [-0.2, 0) is 0 Å². The maximum Gasteiger partial charge on any atom is 0.0480 e. The minimum atomic E-state index is 0.411. The van der Waals surface area contributed by atoms with Gasteiger partial charge in [-0.1, -0.05) is 65.0 Å². The van der Waals surface area contributed by atoms with Gasteiger partial charge in [0.15, 0.2) is 0 Å². The van der Waals surface area contributed by atoms with Crippen LogP contribution < -0.4 is 5.32 Å². The van der Waals surface area contributed by atoms with Gasteiger partial charge in [-0.15, -0.1) is 0 Å². The van der Waals surface area contributed by atoms with E-state index in [1.54, 1.807) is 0 Å². The SMILES string of the molecule is CCCN(CCC)C(C(C)C)C(NCC)c1ccccc1. The Labute approximate surface area is 131 Å².